The molecule has 1 rings (SSSR count). The van der Waals surface area contributed by atoms with Crippen LogP contribution in [0.3, 0.4) is 0 Å². The molecule has 0 aliphatic heterocycles. The van der Waals surface area contributed by atoms with Crippen LogP contribution in [0.5, 0.6) is 0 Å². The van der Waals surface area contributed by atoms with Gasteiger partial charge in [0.2, 0.25) is 5.91 Å². The smallest absolute Gasteiger partial charge is 0.337 e. The summed E-state index contributed by atoms with van der Waals surface area (Å²) >= 11 is 0. The zero-order chi connectivity index (χ0) is 22.5. The first-order valence-corrected chi connectivity index (χ1v) is 8.77. The van der Waals surface area contributed by atoms with Gasteiger partial charge in [0, 0.05) is 6.08 Å². The maximum absolute atomic E-state index is 11.1. The molecule has 7 heteroatoms. The van der Waals surface area contributed by atoms with Gasteiger partial charge in [0.05, 0.1) is 12.2 Å². The predicted octanol–water partition coefficient (Wildman–Crippen LogP) is 3.09. The van der Waals surface area contributed by atoms with Gasteiger partial charge in [-0.2, -0.15) is 0 Å². The number of carbonyl (C=O) groups excluding carboxylic acids is 2. The van der Waals surface area contributed by atoms with E-state index in [0.717, 1.165) is 31.1 Å². The van der Waals surface area contributed by atoms with Crippen molar-refractivity contribution in [3.8, 4) is 0 Å². The van der Waals surface area contributed by atoms with Crippen molar-refractivity contribution in [2.24, 2.45) is 0 Å². The summed E-state index contributed by atoms with van der Waals surface area (Å²) in [6, 6.07) is 10.0. The zero-order valence-corrected chi connectivity index (χ0v) is 16.7. The van der Waals surface area contributed by atoms with Crippen molar-refractivity contribution >= 4 is 23.9 Å². The Morgan fingerprint density at radius 3 is 2.14 bits per heavy atom. The number of carboxylic acids is 1. The molecule has 7 nitrogen and oxygen atoms in total. The van der Waals surface area contributed by atoms with Gasteiger partial charge in [-0.25, -0.2) is 9.59 Å². The number of hydrogen-bond acceptors (Lipinski definition) is 5. The van der Waals surface area contributed by atoms with E-state index in [9.17, 15) is 14.4 Å². The molecule has 0 radical (unpaired) electrons. The number of aliphatic hydroxyl groups is 1. The first kappa shape index (κ1) is 27.8. The van der Waals surface area contributed by atoms with Gasteiger partial charge in [-0.15, -0.1) is 0 Å². The van der Waals surface area contributed by atoms with Gasteiger partial charge in [-0.3, -0.25) is 4.79 Å². The number of carbonyl (C=O) groups is 3. The lowest BCUT2D eigenvalue weighted by molar-refractivity contribution is -0.138. The molecule has 0 aliphatic carbocycles. The molecule has 0 aliphatic rings. The van der Waals surface area contributed by atoms with Crippen LogP contribution in [0.4, 0.5) is 0 Å². The van der Waals surface area contributed by atoms with E-state index in [-0.39, 0.29) is 18.2 Å². The molecule has 0 atom stereocenters. The third-order valence-electron chi connectivity index (χ3n) is 2.89. The zero-order valence-electron chi connectivity index (χ0n) is 16.7. The SMILES string of the molecule is C=C(C=CC(=O)O)C(=O)OCCCC.C=CC(=O)NCO.C=Cc1ccccc1. The topological polar surface area (TPSA) is 113 Å². The first-order valence-electron chi connectivity index (χ1n) is 8.77. The van der Waals surface area contributed by atoms with Crippen molar-refractivity contribution in [2.75, 3.05) is 13.3 Å². The lowest BCUT2D eigenvalue weighted by atomic mass is 10.2. The monoisotopic (exact) mass is 403 g/mol. The molecule has 158 valence electrons. The molecule has 0 saturated carbocycles. The fourth-order valence-corrected chi connectivity index (χ4v) is 1.38. The van der Waals surface area contributed by atoms with Gasteiger partial charge in [-0.1, -0.05) is 69.5 Å². The van der Waals surface area contributed by atoms with E-state index in [2.05, 4.69) is 25.1 Å². The fourth-order valence-electron chi connectivity index (χ4n) is 1.38. The molecule has 0 bridgehead atoms. The molecule has 1 aromatic carbocycles. The minimum absolute atomic E-state index is 0.0449. The van der Waals surface area contributed by atoms with Gasteiger partial charge in [-0.05, 0) is 24.1 Å². The number of esters is 1. The highest BCUT2D eigenvalue weighted by molar-refractivity contribution is 5.93. The van der Waals surface area contributed by atoms with Crippen molar-refractivity contribution in [1.82, 2.24) is 5.32 Å². The number of aliphatic hydroxyl groups excluding tert-OH is 1. The predicted molar refractivity (Wildman–Crippen MR) is 114 cm³/mol. The summed E-state index contributed by atoms with van der Waals surface area (Å²) in [6.45, 7) is 12.2. The maximum Gasteiger partial charge on any atom is 0.337 e. The molecule has 1 amide bonds. The van der Waals surface area contributed by atoms with E-state index in [4.69, 9.17) is 14.9 Å². The Morgan fingerprint density at radius 2 is 1.76 bits per heavy atom. The third-order valence-corrected chi connectivity index (χ3v) is 2.89. The molecule has 29 heavy (non-hydrogen) atoms. The Morgan fingerprint density at radius 1 is 1.14 bits per heavy atom. The van der Waals surface area contributed by atoms with Crippen LogP contribution in [0, 0.1) is 0 Å². The van der Waals surface area contributed by atoms with Crippen LogP contribution in [0.25, 0.3) is 6.08 Å². The quantitative estimate of drug-likeness (QED) is 0.192. The van der Waals surface area contributed by atoms with E-state index in [0.29, 0.717) is 6.61 Å². The summed E-state index contributed by atoms with van der Waals surface area (Å²) in [4.78, 5) is 31.2. The first-order chi connectivity index (χ1) is 13.8. The average Bonchev–Trinajstić information content (AvgIpc) is 2.73. The van der Waals surface area contributed by atoms with Crippen LogP contribution in [0.15, 0.2) is 73.9 Å². The largest absolute Gasteiger partial charge is 0.478 e. The molecule has 3 N–H and O–H groups in total. The number of rotatable bonds is 9. The molecule has 0 aromatic heterocycles. The van der Waals surface area contributed by atoms with Gasteiger partial charge in [0.1, 0.15) is 6.73 Å². The van der Waals surface area contributed by atoms with Crippen molar-refractivity contribution in [2.45, 2.75) is 19.8 Å². The second-order valence-electron chi connectivity index (χ2n) is 5.20. The number of benzene rings is 1. The van der Waals surface area contributed by atoms with Gasteiger partial charge in [0.25, 0.3) is 0 Å². The summed E-state index contributed by atoms with van der Waals surface area (Å²) in [5.41, 5.74) is 1.22. The minimum atomic E-state index is -1.12. The maximum atomic E-state index is 11.1. The highest BCUT2D eigenvalue weighted by Gasteiger charge is 2.04. The minimum Gasteiger partial charge on any atom is -0.478 e. The Bertz CT molecular complexity index is 680. The summed E-state index contributed by atoms with van der Waals surface area (Å²) in [5, 5.41) is 18.4. The number of nitrogens with one attached hydrogen (secondary N) is 1. The second-order valence-corrected chi connectivity index (χ2v) is 5.20. The fraction of sp³-hybridized carbons (Fsp3) is 0.227. The Labute approximate surface area is 171 Å². The molecular weight excluding hydrogens is 374 g/mol. The van der Waals surface area contributed by atoms with E-state index < -0.39 is 11.9 Å². The number of hydrogen-bond donors (Lipinski definition) is 3. The number of unbranched alkanes of at least 4 members (excludes halogenated alkanes) is 1. The summed E-state index contributed by atoms with van der Waals surface area (Å²) in [6.07, 6.45) is 6.63. The summed E-state index contributed by atoms with van der Waals surface area (Å²) < 4.78 is 4.79. The van der Waals surface area contributed by atoms with Crippen molar-refractivity contribution in [3.63, 3.8) is 0 Å². The van der Waals surface area contributed by atoms with Gasteiger partial charge in [0.15, 0.2) is 0 Å². The molecule has 1 aromatic rings. The van der Waals surface area contributed by atoms with Crippen LogP contribution >= 0.6 is 0 Å². The molecule has 0 unspecified atom stereocenters. The highest BCUT2D eigenvalue weighted by Crippen LogP contribution is 1.99. The highest BCUT2D eigenvalue weighted by atomic mass is 16.5. The summed E-state index contributed by atoms with van der Waals surface area (Å²) in [5.74, 6) is -2.05. The average molecular weight is 403 g/mol. The Hall–Kier alpha value is -3.45. The molecule has 0 saturated heterocycles. The lowest BCUT2D eigenvalue weighted by Gasteiger charge is -2.02. The van der Waals surface area contributed by atoms with Crippen molar-refractivity contribution < 1.29 is 29.3 Å². The number of ether oxygens (including phenoxy) is 1. The van der Waals surface area contributed by atoms with Gasteiger partial charge < -0.3 is 20.3 Å². The van der Waals surface area contributed by atoms with Crippen molar-refractivity contribution in [3.05, 3.63) is 79.4 Å². The lowest BCUT2D eigenvalue weighted by Crippen LogP contribution is -2.20. The number of carboxylic acid groups (broad SMARTS) is 1. The van der Waals surface area contributed by atoms with Crippen LogP contribution in [0.1, 0.15) is 25.3 Å². The molecule has 0 heterocycles. The Kier molecular flexibility index (Phi) is 18.5. The number of aliphatic carboxylic acids is 1. The molecular formula is C22H29NO6. The van der Waals surface area contributed by atoms with E-state index in [1.165, 1.54) is 5.56 Å². The standard InChI is InChI=1S/C10H14O4.C8H8.C4H7NO2/c1-3-4-7-14-10(13)8(2)5-6-9(11)12;1-2-8-6-4-3-5-7-8;1-2-4(7)5-3-6/h5-6H,2-4,7H2,1H3,(H,11,12);2-7H,1H2;2,6H,1,3H2,(H,5,7). The van der Waals surface area contributed by atoms with Crippen molar-refractivity contribution in [1.29, 1.82) is 0 Å². The van der Waals surface area contributed by atoms with Crippen LogP contribution in [-0.4, -0.2) is 41.4 Å². The molecule has 0 fully saturated rings. The van der Waals surface area contributed by atoms with Crippen LogP contribution in [0.2, 0.25) is 0 Å². The van der Waals surface area contributed by atoms with Crippen LogP contribution in [-0.2, 0) is 19.1 Å². The van der Waals surface area contributed by atoms with Crippen LogP contribution < -0.4 is 5.32 Å². The Balaban J connectivity index is 0. The molecule has 0 spiro atoms. The van der Waals surface area contributed by atoms with E-state index in [1.54, 1.807) is 0 Å². The number of amides is 1. The van der Waals surface area contributed by atoms with E-state index in [1.807, 2.05) is 43.3 Å². The van der Waals surface area contributed by atoms with E-state index >= 15 is 0 Å². The normalized spacial score (nSPS) is 9.03. The second kappa shape index (κ2) is 19.3. The summed E-state index contributed by atoms with van der Waals surface area (Å²) in [7, 11) is 0. The van der Waals surface area contributed by atoms with Gasteiger partial charge >= 0.3 is 11.9 Å². The third kappa shape index (κ3) is 19.1.